The summed E-state index contributed by atoms with van der Waals surface area (Å²) in [6.45, 7) is 0.129. The van der Waals surface area contributed by atoms with E-state index in [1.165, 1.54) is 29.6 Å². The van der Waals surface area contributed by atoms with Crippen LogP contribution in [-0.4, -0.2) is 50.0 Å². The van der Waals surface area contributed by atoms with E-state index in [9.17, 15) is 18.3 Å². The highest BCUT2D eigenvalue weighted by atomic mass is 32.2. The molecule has 0 bridgehead atoms. The van der Waals surface area contributed by atoms with Crippen LogP contribution in [0, 0.1) is 0 Å². The van der Waals surface area contributed by atoms with E-state index in [0.717, 1.165) is 0 Å². The molecule has 7 nitrogen and oxygen atoms in total. The smallest absolute Gasteiger partial charge is 0.252 e. The van der Waals surface area contributed by atoms with Gasteiger partial charge in [0.1, 0.15) is 5.75 Å². The molecule has 21 heavy (non-hydrogen) atoms. The molecule has 1 atom stereocenters. The number of methoxy groups -OCH3 is 1. The van der Waals surface area contributed by atoms with E-state index in [2.05, 4.69) is 0 Å². The third kappa shape index (κ3) is 2.87. The van der Waals surface area contributed by atoms with Gasteiger partial charge >= 0.3 is 0 Å². The quantitative estimate of drug-likeness (QED) is 0.791. The number of hydrogen-bond acceptors (Lipinski definition) is 5. The minimum absolute atomic E-state index is 0.0123. The van der Waals surface area contributed by atoms with Crippen molar-refractivity contribution in [1.82, 2.24) is 4.31 Å². The van der Waals surface area contributed by atoms with E-state index in [1.807, 2.05) is 0 Å². The van der Waals surface area contributed by atoms with Gasteiger partial charge in [0.15, 0.2) is 0 Å². The second kappa shape index (κ2) is 6.00. The number of aliphatic hydroxyl groups is 1. The maximum Gasteiger partial charge on any atom is 0.252 e. The number of amides is 1. The lowest BCUT2D eigenvalue weighted by Crippen LogP contribution is -2.37. The summed E-state index contributed by atoms with van der Waals surface area (Å²) in [7, 11) is -2.40. The van der Waals surface area contributed by atoms with Crippen molar-refractivity contribution in [2.75, 3.05) is 20.3 Å². The molecule has 1 aliphatic rings. The summed E-state index contributed by atoms with van der Waals surface area (Å²) in [5, 5.41) is 9.27. The highest BCUT2D eigenvalue weighted by molar-refractivity contribution is 7.89. The predicted octanol–water partition coefficient (Wildman–Crippen LogP) is -0.0605. The third-order valence-electron chi connectivity index (χ3n) is 3.58. The molecule has 116 valence electrons. The predicted molar refractivity (Wildman–Crippen MR) is 75.5 cm³/mol. The SMILES string of the molecule is COc1ccc(S(=O)(=O)N2CCCC2CO)cc1C(N)=O. The lowest BCUT2D eigenvalue weighted by Gasteiger charge is -2.22. The number of sulfonamides is 1. The zero-order valence-electron chi connectivity index (χ0n) is 11.7. The summed E-state index contributed by atoms with van der Waals surface area (Å²) in [6, 6.07) is 3.56. The van der Waals surface area contributed by atoms with Crippen molar-refractivity contribution in [3.63, 3.8) is 0 Å². The molecule has 0 radical (unpaired) electrons. The molecule has 1 aliphatic heterocycles. The molecule has 0 saturated carbocycles. The highest BCUT2D eigenvalue weighted by Crippen LogP contribution is 2.28. The molecule has 1 unspecified atom stereocenters. The number of nitrogens with two attached hydrogens (primary N) is 1. The van der Waals surface area contributed by atoms with Crippen molar-refractivity contribution < 1.29 is 23.1 Å². The Kier molecular flexibility index (Phi) is 4.50. The first-order chi connectivity index (χ1) is 9.91. The van der Waals surface area contributed by atoms with Crippen LogP contribution in [-0.2, 0) is 10.0 Å². The number of rotatable bonds is 5. The maximum absolute atomic E-state index is 12.6. The topological polar surface area (TPSA) is 110 Å². The van der Waals surface area contributed by atoms with Crippen LogP contribution in [0.2, 0.25) is 0 Å². The van der Waals surface area contributed by atoms with Crippen LogP contribution in [0.4, 0.5) is 0 Å². The Balaban J connectivity index is 2.45. The number of ether oxygens (including phenoxy) is 1. The summed E-state index contributed by atoms with van der Waals surface area (Å²) < 4.78 is 31.5. The normalized spacial score (nSPS) is 19.6. The first-order valence-corrected chi connectivity index (χ1v) is 7.96. The molecule has 0 aromatic heterocycles. The van der Waals surface area contributed by atoms with Gasteiger partial charge < -0.3 is 15.6 Å². The van der Waals surface area contributed by atoms with Crippen LogP contribution in [0.15, 0.2) is 23.1 Å². The van der Waals surface area contributed by atoms with Gasteiger partial charge in [-0.1, -0.05) is 0 Å². The summed E-state index contributed by atoms with van der Waals surface area (Å²) in [5.74, 6) is -0.536. The minimum Gasteiger partial charge on any atom is -0.496 e. The van der Waals surface area contributed by atoms with Crippen molar-refractivity contribution in [2.24, 2.45) is 5.73 Å². The lowest BCUT2D eigenvalue weighted by atomic mass is 10.2. The van der Waals surface area contributed by atoms with Crippen LogP contribution in [0.3, 0.4) is 0 Å². The Morgan fingerprint density at radius 1 is 1.52 bits per heavy atom. The molecular formula is C13H18N2O5S. The van der Waals surface area contributed by atoms with Gasteiger partial charge in [-0.2, -0.15) is 4.31 Å². The third-order valence-corrected chi connectivity index (χ3v) is 5.52. The molecule has 3 N–H and O–H groups in total. The van der Waals surface area contributed by atoms with Gasteiger partial charge in [0.25, 0.3) is 5.91 Å². The molecule has 1 heterocycles. The monoisotopic (exact) mass is 314 g/mol. The largest absolute Gasteiger partial charge is 0.496 e. The van der Waals surface area contributed by atoms with Crippen LogP contribution >= 0.6 is 0 Å². The number of aliphatic hydroxyl groups excluding tert-OH is 1. The highest BCUT2D eigenvalue weighted by Gasteiger charge is 2.35. The second-order valence-electron chi connectivity index (χ2n) is 4.82. The summed E-state index contributed by atoms with van der Waals surface area (Å²) in [4.78, 5) is 11.4. The van der Waals surface area contributed by atoms with Crippen LogP contribution in [0.1, 0.15) is 23.2 Å². The zero-order chi connectivity index (χ0) is 15.6. The van der Waals surface area contributed by atoms with E-state index >= 15 is 0 Å². The summed E-state index contributed by atoms with van der Waals surface area (Å²) in [5.41, 5.74) is 5.25. The Morgan fingerprint density at radius 2 is 2.24 bits per heavy atom. The standard InChI is InChI=1S/C13H18N2O5S/c1-20-12-5-4-10(7-11(12)13(14)17)21(18,19)15-6-2-3-9(15)8-16/h4-5,7,9,16H,2-3,6,8H2,1H3,(H2,14,17). The molecular weight excluding hydrogens is 296 g/mol. The average Bonchev–Trinajstić information content (AvgIpc) is 2.95. The van der Waals surface area contributed by atoms with Gasteiger partial charge in [-0.05, 0) is 31.0 Å². The minimum atomic E-state index is -3.77. The molecule has 2 rings (SSSR count). The lowest BCUT2D eigenvalue weighted by molar-refractivity contribution is 0.0997. The summed E-state index contributed by atoms with van der Waals surface area (Å²) in [6.07, 6.45) is 1.32. The van der Waals surface area contributed by atoms with Gasteiger partial charge in [-0.25, -0.2) is 8.42 Å². The van der Waals surface area contributed by atoms with Crippen LogP contribution < -0.4 is 10.5 Å². The molecule has 0 aliphatic carbocycles. The molecule has 8 heteroatoms. The molecule has 1 aromatic carbocycles. The van der Waals surface area contributed by atoms with E-state index in [-0.39, 0.29) is 22.8 Å². The number of benzene rings is 1. The maximum atomic E-state index is 12.6. The Labute approximate surface area is 123 Å². The first kappa shape index (κ1) is 15.7. The Bertz CT molecular complexity index is 644. The number of carbonyl (C=O) groups excluding carboxylic acids is 1. The van der Waals surface area contributed by atoms with Gasteiger partial charge in [0, 0.05) is 12.6 Å². The molecule has 1 fully saturated rings. The number of hydrogen-bond donors (Lipinski definition) is 2. The van der Waals surface area contributed by atoms with Crippen molar-refractivity contribution in [2.45, 2.75) is 23.8 Å². The first-order valence-electron chi connectivity index (χ1n) is 6.52. The fourth-order valence-electron chi connectivity index (χ4n) is 2.48. The van der Waals surface area contributed by atoms with Crippen molar-refractivity contribution in [3.8, 4) is 5.75 Å². The molecule has 1 saturated heterocycles. The van der Waals surface area contributed by atoms with E-state index in [4.69, 9.17) is 10.5 Å². The van der Waals surface area contributed by atoms with Crippen molar-refractivity contribution >= 4 is 15.9 Å². The average molecular weight is 314 g/mol. The fraction of sp³-hybridized carbons (Fsp3) is 0.462. The number of carbonyl (C=O) groups is 1. The second-order valence-corrected chi connectivity index (χ2v) is 6.71. The number of primary amides is 1. The Morgan fingerprint density at radius 3 is 2.81 bits per heavy atom. The molecule has 1 aromatic rings. The van der Waals surface area contributed by atoms with Crippen LogP contribution in [0.5, 0.6) is 5.75 Å². The van der Waals surface area contributed by atoms with Crippen molar-refractivity contribution in [3.05, 3.63) is 23.8 Å². The van der Waals surface area contributed by atoms with Crippen molar-refractivity contribution in [1.29, 1.82) is 0 Å². The summed E-state index contributed by atoms with van der Waals surface area (Å²) >= 11 is 0. The van der Waals surface area contributed by atoms with E-state index < -0.39 is 22.0 Å². The van der Waals surface area contributed by atoms with Crippen LogP contribution in [0.25, 0.3) is 0 Å². The Hall–Kier alpha value is -1.64. The zero-order valence-corrected chi connectivity index (χ0v) is 12.5. The van der Waals surface area contributed by atoms with Gasteiger partial charge in [0.2, 0.25) is 10.0 Å². The number of nitrogens with zero attached hydrogens (tertiary/aromatic N) is 1. The van der Waals surface area contributed by atoms with Gasteiger partial charge in [-0.15, -0.1) is 0 Å². The van der Waals surface area contributed by atoms with Gasteiger partial charge in [-0.3, -0.25) is 4.79 Å². The molecule has 1 amide bonds. The molecule has 0 spiro atoms. The van der Waals surface area contributed by atoms with E-state index in [0.29, 0.717) is 19.4 Å². The van der Waals surface area contributed by atoms with E-state index in [1.54, 1.807) is 0 Å². The van der Waals surface area contributed by atoms with Gasteiger partial charge in [0.05, 0.1) is 24.2 Å². The fourth-order valence-corrected chi connectivity index (χ4v) is 4.20.